The first-order valence-corrected chi connectivity index (χ1v) is 8.72. The number of pyridine rings is 1. The molecular weight excluding hydrogens is 334 g/mol. The smallest absolute Gasteiger partial charge is 0.186 e. The number of hydrogen-bond donors (Lipinski definition) is 1. The van der Waals surface area contributed by atoms with E-state index < -0.39 is 0 Å². The van der Waals surface area contributed by atoms with Crippen molar-refractivity contribution in [1.29, 1.82) is 0 Å². The van der Waals surface area contributed by atoms with Gasteiger partial charge in [0, 0.05) is 34.6 Å². The second-order valence-electron chi connectivity index (χ2n) is 6.41. The van der Waals surface area contributed by atoms with Gasteiger partial charge in [0.15, 0.2) is 5.78 Å². The van der Waals surface area contributed by atoms with Crippen molar-refractivity contribution in [2.75, 3.05) is 0 Å². The number of rotatable bonds is 3. The van der Waals surface area contributed by atoms with E-state index in [-0.39, 0.29) is 5.78 Å². The number of allylic oxidation sites excluding steroid dienone is 1. The largest absolute Gasteiger partial charge is 0.337 e. The molecule has 4 aromatic rings. The Hall–Kier alpha value is -3.79. The van der Waals surface area contributed by atoms with E-state index in [2.05, 4.69) is 9.97 Å². The summed E-state index contributed by atoms with van der Waals surface area (Å²) < 4.78 is 0. The van der Waals surface area contributed by atoms with Crippen LogP contribution in [-0.2, 0) is 0 Å². The summed E-state index contributed by atoms with van der Waals surface area (Å²) in [5.74, 6) is 0.863. The first-order valence-electron chi connectivity index (χ1n) is 8.72. The van der Waals surface area contributed by atoms with Crippen molar-refractivity contribution in [2.45, 2.75) is 0 Å². The fraction of sp³-hybridized carbons (Fsp3) is 0. The maximum Gasteiger partial charge on any atom is 0.186 e. The topological polar surface area (TPSA) is 58.6 Å². The lowest BCUT2D eigenvalue weighted by atomic mass is 10.0. The molecule has 4 nitrogen and oxygen atoms in total. The summed E-state index contributed by atoms with van der Waals surface area (Å²) in [6.45, 7) is 0. The molecule has 1 N–H and O–H groups in total. The quantitative estimate of drug-likeness (QED) is 0.565. The fourth-order valence-electron chi connectivity index (χ4n) is 3.37. The van der Waals surface area contributed by atoms with Gasteiger partial charge in [-0.2, -0.15) is 0 Å². The van der Waals surface area contributed by atoms with Gasteiger partial charge in [-0.15, -0.1) is 0 Å². The van der Waals surface area contributed by atoms with Gasteiger partial charge in [-0.25, -0.2) is 4.98 Å². The van der Waals surface area contributed by atoms with E-state index in [0.29, 0.717) is 0 Å². The van der Waals surface area contributed by atoms with Gasteiger partial charge < -0.3 is 4.98 Å². The number of nitrogens with one attached hydrogen (secondary N) is 1. The van der Waals surface area contributed by atoms with Gasteiger partial charge in [-0.1, -0.05) is 42.5 Å². The number of fused-ring (bicyclic) bond motifs is 1. The Labute approximate surface area is 156 Å². The lowest BCUT2D eigenvalue weighted by molar-refractivity contribution is 0.105. The molecule has 0 fully saturated rings. The summed E-state index contributed by atoms with van der Waals surface area (Å²) >= 11 is 0. The van der Waals surface area contributed by atoms with Gasteiger partial charge in [0.2, 0.25) is 0 Å². The minimum absolute atomic E-state index is 0.0536. The monoisotopic (exact) mass is 349 g/mol. The Morgan fingerprint density at radius 1 is 0.778 bits per heavy atom. The lowest BCUT2D eigenvalue weighted by Crippen LogP contribution is -1.92. The van der Waals surface area contributed by atoms with Crippen LogP contribution in [0.25, 0.3) is 40.0 Å². The van der Waals surface area contributed by atoms with E-state index in [1.54, 1.807) is 18.5 Å². The number of benzene rings is 2. The molecular formula is C23H15N3O. The van der Waals surface area contributed by atoms with Crippen LogP contribution in [0.1, 0.15) is 15.9 Å². The Kier molecular flexibility index (Phi) is 3.54. The summed E-state index contributed by atoms with van der Waals surface area (Å²) in [6.07, 6.45) is 7.01. The van der Waals surface area contributed by atoms with E-state index >= 15 is 0 Å². The van der Waals surface area contributed by atoms with E-state index in [9.17, 15) is 4.79 Å². The Morgan fingerprint density at radius 2 is 1.59 bits per heavy atom. The van der Waals surface area contributed by atoms with Crippen molar-refractivity contribution in [3.8, 4) is 33.9 Å². The van der Waals surface area contributed by atoms with Crippen LogP contribution in [0.4, 0.5) is 0 Å². The maximum atomic E-state index is 11.9. The summed E-state index contributed by atoms with van der Waals surface area (Å²) in [5, 5.41) is 0. The number of imidazole rings is 1. The highest BCUT2D eigenvalue weighted by atomic mass is 16.1. The van der Waals surface area contributed by atoms with E-state index in [0.717, 1.165) is 45.0 Å². The summed E-state index contributed by atoms with van der Waals surface area (Å²) in [7, 11) is 0. The van der Waals surface area contributed by atoms with Gasteiger partial charge in [0.1, 0.15) is 5.82 Å². The third-order valence-electron chi connectivity index (χ3n) is 4.72. The molecule has 0 saturated carbocycles. The van der Waals surface area contributed by atoms with Gasteiger partial charge in [0.25, 0.3) is 0 Å². The number of carbonyl (C=O) groups excluding carboxylic acids is 1. The molecule has 0 amide bonds. The molecule has 1 aliphatic rings. The first-order chi connectivity index (χ1) is 13.3. The molecule has 2 aromatic heterocycles. The Morgan fingerprint density at radius 3 is 2.41 bits per heavy atom. The zero-order chi connectivity index (χ0) is 18.2. The lowest BCUT2D eigenvalue weighted by Gasteiger charge is -2.05. The second kappa shape index (κ2) is 6.18. The number of aromatic amines is 1. The van der Waals surface area contributed by atoms with Crippen molar-refractivity contribution >= 4 is 11.9 Å². The van der Waals surface area contributed by atoms with Crippen LogP contribution < -0.4 is 0 Å². The van der Waals surface area contributed by atoms with Gasteiger partial charge >= 0.3 is 0 Å². The third-order valence-corrected chi connectivity index (χ3v) is 4.72. The summed E-state index contributed by atoms with van der Waals surface area (Å²) in [5.41, 5.74) is 6.47. The van der Waals surface area contributed by atoms with Gasteiger partial charge in [-0.3, -0.25) is 9.78 Å². The second-order valence-corrected chi connectivity index (χ2v) is 6.41. The highest BCUT2D eigenvalue weighted by molar-refractivity contribution is 6.14. The number of hydrogen-bond acceptors (Lipinski definition) is 3. The number of H-pyrrole nitrogens is 1. The highest BCUT2D eigenvalue weighted by Gasteiger charge is 2.19. The van der Waals surface area contributed by atoms with Crippen LogP contribution in [0.2, 0.25) is 0 Å². The minimum Gasteiger partial charge on any atom is -0.337 e. The van der Waals surface area contributed by atoms with Gasteiger partial charge in [0.05, 0.1) is 11.4 Å². The minimum atomic E-state index is 0.0536. The van der Waals surface area contributed by atoms with Crippen molar-refractivity contribution in [3.05, 3.63) is 90.3 Å². The normalized spacial score (nSPS) is 12.4. The van der Waals surface area contributed by atoms with E-state index in [4.69, 9.17) is 4.98 Å². The SMILES string of the molecule is O=C1C=Cc2cc(-c3nc(-c4ccccc4)[nH]c3-c3ccncc3)ccc21. The molecule has 4 heteroatoms. The van der Waals surface area contributed by atoms with Crippen LogP contribution in [0, 0.1) is 0 Å². The zero-order valence-corrected chi connectivity index (χ0v) is 14.4. The average Bonchev–Trinajstić information content (AvgIpc) is 3.33. The van der Waals surface area contributed by atoms with Crippen molar-refractivity contribution in [3.63, 3.8) is 0 Å². The van der Waals surface area contributed by atoms with Crippen LogP contribution >= 0.6 is 0 Å². The van der Waals surface area contributed by atoms with Crippen molar-refractivity contribution in [2.24, 2.45) is 0 Å². The predicted octanol–water partition coefficient (Wildman–Crippen LogP) is 5.02. The van der Waals surface area contributed by atoms with Crippen molar-refractivity contribution < 1.29 is 4.79 Å². The first kappa shape index (κ1) is 15.5. The molecule has 5 rings (SSSR count). The predicted molar refractivity (Wildman–Crippen MR) is 106 cm³/mol. The van der Waals surface area contributed by atoms with Gasteiger partial charge in [-0.05, 0) is 35.9 Å². The molecule has 0 bridgehead atoms. The molecule has 0 saturated heterocycles. The summed E-state index contributed by atoms with van der Waals surface area (Å²) in [6, 6.07) is 19.8. The molecule has 2 aromatic carbocycles. The van der Waals surface area contributed by atoms with E-state index in [1.807, 2.05) is 66.7 Å². The molecule has 2 heterocycles. The van der Waals surface area contributed by atoms with Crippen LogP contribution in [-0.4, -0.2) is 20.7 Å². The molecule has 27 heavy (non-hydrogen) atoms. The number of nitrogens with zero attached hydrogens (tertiary/aromatic N) is 2. The number of ketones is 1. The molecule has 1 aliphatic carbocycles. The molecule has 0 unspecified atom stereocenters. The van der Waals surface area contributed by atoms with Crippen molar-refractivity contribution in [1.82, 2.24) is 15.0 Å². The number of carbonyl (C=O) groups is 1. The van der Waals surface area contributed by atoms with Crippen LogP contribution in [0.15, 0.2) is 79.1 Å². The third kappa shape index (κ3) is 2.68. The Bertz CT molecular complexity index is 1170. The van der Waals surface area contributed by atoms with Crippen LogP contribution in [0.3, 0.4) is 0 Å². The molecule has 128 valence electrons. The highest BCUT2D eigenvalue weighted by Crippen LogP contribution is 2.34. The fourth-order valence-corrected chi connectivity index (χ4v) is 3.37. The molecule has 0 radical (unpaired) electrons. The summed E-state index contributed by atoms with van der Waals surface area (Å²) in [4.78, 5) is 24.3. The molecule has 0 atom stereocenters. The van der Waals surface area contributed by atoms with Crippen LogP contribution in [0.5, 0.6) is 0 Å². The van der Waals surface area contributed by atoms with E-state index in [1.165, 1.54) is 0 Å². The Balaban J connectivity index is 1.70. The zero-order valence-electron chi connectivity index (χ0n) is 14.4. The maximum absolute atomic E-state index is 11.9. The number of aromatic nitrogens is 3. The molecule has 0 aliphatic heterocycles. The average molecular weight is 349 g/mol. The molecule has 0 spiro atoms. The standard InChI is InChI=1S/C23H15N3O/c27-20-9-7-17-14-18(6-8-19(17)20)22-21(15-10-12-24-13-11-15)25-23(26-22)16-4-2-1-3-5-16/h1-14H,(H,25,26).